The van der Waals surface area contributed by atoms with Crippen molar-refractivity contribution in [3.8, 4) is 5.75 Å². The summed E-state index contributed by atoms with van der Waals surface area (Å²) in [5.74, 6) is 0.738. The second-order valence-corrected chi connectivity index (χ2v) is 4.95. The van der Waals surface area contributed by atoms with Crippen LogP contribution in [0.4, 0.5) is 0 Å². The maximum atomic E-state index is 9.35. The van der Waals surface area contributed by atoms with Gasteiger partial charge in [-0.2, -0.15) is 0 Å². The zero-order valence-electron chi connectivity index (χ0n) is 10.3. The van der Waals surface area contributed by atoms with Crippen molar-refractivity contribution in [2.24, 2.45) is 0 Å². The maximum absolute atomic E-state index is 9.35. The molecular formula is C13H19ClO2. The van der Waals surface area contributed by atoms with E-state index in [2.05, 4.69) is 13.0 Å². The fourth-order valence-corrected chi connectivity index (χ4v) is 1.94. The van der Waals surface area contributed by atoms with Gasteiger partial charge >= 0.3 is 0 Å². The lowest BCUT2D eigenvalue weighted by Crippen LogP contribution is -2.22. The predicted octanol–water partition coefficient (Wildman–Crippen LogP) is 3.18. The number of hydrogen-bond acceptors (Lipinski definition) is 2. The lowest BCUT2D eigenvalue weighted by molar-refractivity contribution is 0.218. The Balaban J connectivity index is 3.31. The Morgan fingerprint density at radius 1 is 1.38 bits per heavy atom. The van der Waals surface area contributed by atoms with Crippen LogP contribution in [0.2, 0.25) is 5.02 Å². The fraction of sp³-hybridized carbons (Fsp3) is 0.538. The summed E-state index contributed by atoms with van der Waals surface area (Å²) in [6.07, 6.45) is 0.859. The number of aliphatic hydroxyl groups is 1. The van der Waals surface area contributed by atoms with Crippen LogP contribution in [0.1, 0.15) is 31.9 Å². The molecule has 0 atom stereocenters. The van der Waals surface area contributed by atoms with Crippen LogP contribution in [-0.2, 0) is 11.8 Å². The van der Waals surface area contributed by atoms with E-state index in [1.165, 1.54) is 0 Å². The first-order valence-corrected chi connectivity index (χ1v) is 5.81. The van der Waals surface area contributed by atoms with Gasteiger partial charge in [0.25, 0.3) is 0 Å². The van der Waals surface area contributed by atoms with Crippen molar-refractivity contribution in [3.63, 3.8) is 0 Å². The molecule has 0 saturated carbocycles. The molecule has 0 heterocycles. The molecule has 0 saturated heterocycles. The molecule has 0 aromatic heterocycles. The predicted molar refractivity (Wildman–Crippen MR) is 67.5 cm³/mol. The molecule has 3 heteroatoms. The van der Waals surface area contributed by atoms with Gasteiger partial charge in [-0.05, 0) is 23.6 Å². The van der Waals surface area contributed by atoms with Gasteiger partial charge in [-0.15, -0.1) is 0 Å². The van der Waals surface area contributed by atoms with E-state index in [0.717, 1.165) is 23.3 Å². The molecule has 0 spiro atoms. The molecule has 0 fully saturated rings. The first-order valence-electron chi connectivity index (χ1n) is 5.44. The van der Waals surface area contributed by atoms with Crippen LogP contribution < -0.4 is 4.74 Å². The van der Waals surface area contributed by atoms with E-state index >= 15 is 0 Å². The van der Waals surface area contributed by atoms with Crippen molar-refractivity contribution in [1.82, 2.24) is 0 Å². The summed E-state index contributed by atoms with van der Waals surface area (Å²) in [5.41, 5.74) is 1.84. The van der Waals surface area contributed by atoms with Gasteiger partial charge in [0.05, 0.1) is 18.7 Å². The van der Waals surface area contributed by atoms with Gasteiger partial charge in [0.15, 0.2) is 0 Å². The highest BCUT2D eigenvalue weighted by Crippen LogP contribution is 2.34. The SMILES string of the molecule is CCc1cc(C(C)(C)CO)cc(Cl)c1OC. The average Bonchev–Trinajstić information content (AvgIpc) is 2.27. The molecule has 2 nitrogen and oxygen atoms in total. The van der Waals surface area contributed by atoms with Gasteiger partial charge < -0.3 is 9.84 Å². The Morgan fingerprint density at radius 2 is 2.00 bits per heavy atom. The zero-order valence-corrected chi connectivity index (χ0v) is 11.1. The lowest BCUT2D eigenvalue weighted by Gasteiger charge is -2.24. The quantitative estimate of drug-likeness (QED) is 0.879. The first kappa shape index (κ1) is 13.3. The minimum Gasteiger partial charge on any atom is -0.495 e. The van der Waals surface area contributed by atoms with E-state index < -0.39 is 0 Å². The summed E-state index contributed by atoms with van der Waals surface area (Å²) in [6.45, 7) is 6.14. The number of aliphatic hydroxyl groups excluding tert-OH is 1. The van der Waals surface area contributed by atoms with Crippen LogP contribution in [0, 0.1) is 0 Å². The Labute approximate surface area is 102 Å². The summed E-state index contributed by atoms with van der Waals surface area (Å²) in [5, 5.41) is 9.96. The van der Waals surface area contributed by atoms with E-state index in [4.69, 9.17) is 16.3 Å². The largest absolute Gasteiger partial charge is 0.495 e. The van der Waals surface area contributed by atoms with E-state index in [-0.39, 0.29) is 12.0 Å². The van der Waals surface area contributed by atoms with Crippen molar-refractivity contribution in [1.29, 1.82) is 0 Å². The highest BCUT2D eigenvalue weighted by Gasteiger charge is 2.22. The van der Waals surface area contributed by atoms with Crippen LogP contribution in [-0.4, -0.2) is 18.8 Å². The Bertz CT molecular complexity index is 372. The second-order valence-electron chi connectivity index (χ2n) is 4.55. The van der Waals surface area contributed by atoms with Gasteiger partial charge in [0, 0.05) is 5.41 Å². The highest BCUT2D eigenvalue weighted by atomic mass is 35.5. The number of rotatable bonds is 4. The van der Waals surface area contributed by atoms with Gasteiger partial charge in [0.2, 0.25) is 0 Å². The number of halogens is 1. The summed E-state index contributed by atoms with van der Waals surface area (Å²) in [6, 6.07) is 3.93. The third-order valence-corrected chi connectivity index (χ3v) is 3.16. The van der Waals surface area contributed by atoms with Gasteiger partial charge in [-0.25, -0.2) is 0 Å². The second kappa shape index (κ2) is 5.07. The average molecular weight is 243 g/mol. The maximum Gasteiger partial charge on any atom is 0.140 e. The molecule has 0 aliphatic rings. The molecular weight excluding hydrogens is 224 g/mol. The Hall–Kier alpha value is -0.730. The van der Waals surface area contributed by atoms with Crippen molar-refractivity contribution in [3.05, 3.63) is 28.3 Å². The molecule has 1 rings (SSSR count). The van der Waals surface area contributed by atoms with Crippen LogP contribution in [0.25, 0.3) is 0 Å². The van der Waals surface area contributed by atoms with E-state index in [9.17, 15) is 5.11 Å². The van der Waals surface area contributed by atoms with Gasteiger partial charge in [0.1, 0.15) is 5.75 Å². The van der Waals surface area contributed by atoms with Crippen LogP contribution >= 0.6 is 11.6 Å². The molecule has 0 radical (unpaired) electrons. The minimum absolute atomic E-state index is 0.0960. The molecule has 0 unspecified atom stereocenters. The normalized spacial score (nSPS) is 11.6. The van der Waals surface area contributed by atoms with Crippen molar-refractivity contribution in [2.45, 2.75) is 32.6 Å². The Kier molecular flexibility index (Phi) is 4.22. The molecule has 0 amide bonds. The third-order valence-electron chi connectivity index (χ3n) is 2.88. The zero-order chi connectivity index (χ0) is 12.3. The highest BCUT2D eigenvalue weighted by molar-refractivity contribution is 6.32. The molecule has 16 heavy (non-hydrogen) atoms. The summed E-state index contributed by atoms with van der Waals surface area (Å²) in [4.78, 5) is 0. The summed E-state index contributed by atoms with van der Waals surface area (Å²) >= 11 is 6.17. The van der Waals surface area contributed by atoms with Crippen molar-refractivity contribution in [2.75, 3.05) is 13.7 Å². The molecule has 1 N–H and O–H groups in total. The molecule has 1 aromatic rings. The smallest absolute Gasteiger partial charge is 0.140 e. The number of ether oxygens (including phenoxy) is 1. The van der Waals surface area contributed by atoms with Crippen molar-refractivity contribution >= 4 is 11.6 Å². The van der Waals surface area contributed by atoms with Crippen molar-refractivity contribution < 1.29 is 9.84 Å². The lowest BCUT2D eigenvalue weighted by atomic mass is 9.84. The summed E-state index contributed by atoms with van der Waals surface area (Å²) < 4.78 is 5.27. The molecule has 0 bridgehead atoms. The molecule has 0 aliphatic heterocycles. The number of hydrogen-bond donors (Lipinski definition) is 1. The third kappa shape index (κ3) is 2.50. The first-order chi connectivity index (χ1) is 7.46. The van der Waals surface area contributed by atoms with Crippen LogP contribution in [0.5, 0.6) is 5.75 Å². The number of benzene rings is 1. The van der Waals surface area contributed by atoms with E-state index in [0.29, 0.717) is 5.02 Å². The van der Waals surface area contributed by atoms with Crippen LogP contribution in [0.3, 0.4) is 0 Å². The topological polar surface area (TPSA) is 29.5 Å². The standard InChI is InChI=1S/C13H19ClO2/c1-5-9-6-10(13(2,3)8-15)7-11(14)12(9)16-4/h6-7,15H,5,8H2,1-4H3. The number of methoxy groups -OCH3 is 1. The Morgan fingerprint density at radius 3 is 2.44 bits per heavy atom. The van der Waals surface area contributed by atoms with E-state index in [1.807, 2.05) is 19.9 Å². The monoisotopic (exact) mass is 242 g/mol. The van der Waals surface area contributed by atoms with Crippen LogP contribution in [0.15, 0.2) is 12.1 Å². The van der Waals surface area contributed by atoms with Gasteiger partial charge in [-0.1, -0.05) is 38.4 Å². The van der Waals surface area contributed by atoms with E-state index in [1.54, 1.807) is 7.11 Å². The fourth-order valence-electron chi connectivity index (χ4n) is 1.62. The number of aryl methyl sites for hydroxylation is 1. The molecule has 1 aromatic carbocycles. The van der Waals surface area contributed by atoms with Gasteiger partial charge in [-0.3, -0.25) is 0 Å². The minimum atomic E-state index is -0.278. The molecule has 0 aliphatic carbocycles. The molecule has 90 valence electrons. The summed E-state index contributed by atoms with van der Waals surface area (Å²) in [7, 11) is 1.62.